The van der Waals surface area contributed by atoms with Gasteiger partial charge in [0.1, 0.15) is 0 Å². The largest absolute Gasteiger partial charge is 0.309 e. The lowest BCUT2D eigenvalue weighted by Gasteiger charge is -2.61. The molecule has 16 rings (SSSR count). The van der Waals surface area contributed by atoms with Crippen molar-refractivity contribution in [3.05, 3.63) is 254 Å². The Balaban J connectivity index is 0.949. The third-order valence-corrected chi connectivity index (χ3v) is 17.6. The Bertz CT molecular complexity index is 3850. The van der Waals surface area contributed by atoms with Crippen LogP contribution in [0.5, 0.6) is 0 Å². The van der Waals surface area contributed by atoms with Crippen molar-refractivity contribution in [3.8, 4) is 61.3 Å². The monoisotopic (exact) mass is 922 g/mol. The molecule has 0 atom stereocenters. The van der Waals surface area contributed by atoms with Crippen LogP contribution in [0.3, 0.4) is 0 Å². The van der Waals surface area contributed by atoms with Gasteiger partial charge < -0.3 is 9.47 Å². The minimum Gasteiger partial charge on any atom is -0.309 e. The van der Waals surface area contributed by atoms with Crippen molar-refractivity contribution in [2.24, 2.45) is 23.7 Å². The number of hydrogen-bond donors (Lipinski definition) is 0. The lowest BCUT2D eigenvalue weighted by atomic mass is 9.43. The second kappa shape index (κ2) is 16.4. The average Bonchev–Trinajstić information content (AvgIpc) is 3.94. The Morgan fingerprint density at radius 1 is 0.347 bits per heavy atom. The minimum atomic E-state index is 0.0514. The molecule has 10 aromatic carbocycles. The molecule has 5 aliphatic rings. The van der Waals surface area contributed by atoms with Gasteiger partial charge in [-0.15, -0.1) is 0 Å². The number of aromatic nitrogens is 1. The summed E-state index contributed by atoms with van der Waals surface area (Å²) in [5.41, 5.74) is 22.9. The fourth-order valence-electron chi connectivity index (χ4n) is 15.1. The van der Waals surface area contributed by atoms with E-state index >= 15 is 0 Å². The summed E-state index contributed by atoms with van der Waals surface area (Å²) in [4.78, 5) is 2.62. The SMILES string of the molecule is c1ccc(-c2ccccc2-c2ccccc2-c2ccccc2N(c2ccc(-c3cccc4c3c3ccccc3n4-c3ccccc3)cc2)c2cccc3c2-c2ccccc2C32C3CC4CC(C3)CC2C4)cc1. The number of anilines is 3. The molecule has 2 nitrogen and oxygen atoms in total. The van der Waals surface area contributed by atoms with Crippen LogP contribution in [-0.4, -0.2) is 4.57 Å². The van der Waals surface area contributed by atoms with E-state index in [2.05, 4.69) is 252 Å². The van der Waals surface area contributed by atoms with Crippen molar-refractivity contribution in [2.45, 2.75) is 37.5 Å². The first-order valence-electron chi connectivity index (χ1n) is 26.3. The first kappa shape index (κ1) is 41.6. The van der Waals surface area contributed by atoms with E-state index in [0.29, 0.717) is 11.8 Å². The second-order valence-electron chi connectivity index (χ2n) is 21.2. The van der Waals surface area contributed by atoms with E-state index in [1.165, 1.54) is 127 Å². The van der Waals surface area contributed by atoms with Crippen LogP contribution in [0.1, 0.15) is 43.2 Å². The molecule has 11 aromatic rings. The smallest absolute Gasteiger partial charge is 0.0547 e. The molecule has 4 fully saturated rings. The summed E-state index contributed by atoms with van der Waals surface area (Å²) in [6.45, 7) is 0. The summed E-state index contributed by atoms with van der Waals surface area (Å²) in [6.07, 6.45) is 6.88. The first-order chi connectivity index (χ1) is 35.7. The lowest BCUT2D eigenvalue weighted by molar-refractivity contribution is -0.0399. The van der Waals surface area contributed by atoms with Gasteiger partial charge in [0.25, 0.3) is 0 Å². The molecular weight excluding hydrogens is 869 g/mol. The topological polar surface area (TPSA) is 8.17 Å². The van der Waals surface area contributed by atoms with Gasteiger partial charge in [-0.1, -0.05) is 194 Å². The predicted octanol–water partition coefficient (Wildman–Crippen LogP) is 18.6. The molecule has 72 heavy (non-hydrogen) atoms. The fourth-order valence-corrected chi connectivity index (χ4v) is 15.1. The molecule has 0 unspecified atom stereocenters. The van der Waals surface area contributed by atoms with Crippen molar-refractivity contribution >= 4 is 38.9 Å². The molecular formula is C70H54N2. The Kier molecular flexibility index (Phi) is 9.49. The standard InChI is InChI=1S/C70H54N2/c1-3-19-48(20-4-1)54-23-7-8-24-56(54)57-25-9-10-26-58(57)59-27-12-15-33-64(59)72(67-36-18-32-63-69(67)60-28-11-14-31-62(60)70(63)50-42-46-41-47(44-50)45-51(70)43-46)53-39-37-49(38-40-53)55-30-17-35-66-68(55)61-29-13-16-34-65(61)71(66)52-21-5-2-6-22-52/h1-40,46-47,50-51H,41-45H2. The van der Waals surface area contributed by atoms with Crippen LogP contribution in [0, 0.1) is 23.7 Å². The van der Waals surface area contributed by atoms with Gasteiger partial charge in [0, 0.05) is 38.7 Å². The molecule has 344 valence electrons. The van der Waals surface area contributed by atoms with E-state index in [1.54, 1.807) is 11.1 Å². The highest BCUT2D eigenvalue weighted by Crippen LogP contribution is 2.70. The molecule has 5 aliphatic carbocycles. The van der Waals surface area contributed by atoms with Crippen LogP contribution in [0.15, 0.2) is 243 Å². The predicted molar refractivity (Wildman–Crippen MR) is 300 cm³/mol. The van der Waals surface area contributed by atoms with Gasteiger partial charge in [-0.05, 0) is 160 Å². The zero-order valence-corrected chi connectivity index (χ0v) is 40.3. The highest BCUT2D eigenvalue weighted by Gasteiger charge is 2.62. The fraction of sp³-hybridized carbons (Fsp3) is 0.143. The second-order valence-corrected chi connectivity index (χ2v) is 21.2. The van der Waals surface area contributed by atoms with Gasteiger partial charge >= 0.3 is 0 Å². The number of hydrogen-bond acceptors (Lipinski definition) is 1. The summed E-state index contributed by atoms with van der Waals surface area (Å²) in [5.74, 6) is 3.12. The Labute approximate surface area is 422 Å². The summed E-state index contributed by atoms with van der Waals surface area (Å²) >= 11 is 0. The van der Waals surface area contributed by atoms with Gasteiger partial charge in [0.05, 0.1) is 22.4 Å². The number of fused-ring (bicyclic) bond motifs is 6. The maximum atomic E-state index is 2.62. The molecule has 0 saturated heterocycles. The summed E-state index contributed by atoms with van der Waals surface area (Å²) in [7, 11) is 0. The third-order valence-electron chi connectivity index (χ3n) is 17.6. The van der Waals surface area contributed by atoms with E-state index in [0.717, 1.165) is 17.5 Å². The van der Waals surface area contributed by atoms with Gasteiger partial charge in [0.2, 0.25) is 0 Å². The van der Waals surface area contributed by atoms with Crippen molar-refractivity contribution in [1.82, 2.24) is 4.57 Å². The highest BCUT2D eigenvalue weighted by atomic mass is 15.1. The van der Waals surface area contributed by atoms with Crippen LogP contribution in [-0.2, 0) is 5.41 Å². The maximum Gasteiger partial charge on any atom is 0.0547 e. The number of para-hydroxylation sites is 3. The van der Waals surface area contributed by atoms with E-state index in [4.69, 9.17) is 0 Å². The van der Waals surface area contributed by atoms with Gasteiger partial charge in [-0.25, -0.2) is 0 Å². The van der Waals surface area contributed by atoms with Crippen LogP contribution < -0.4 is 4.90 Å². The van der Waals surface area contributed by atoms with Crippen LogP contribution in [0.4, 0.5) is 17.1 Å². The molecule has 2 heteroatoms. The average molecular weight is 923 g/mol. The highest BCUT2D eigenvalue weighted by molar-refractivity contribution is 6.16. The van der Waals surface area contributed by atoms with E-state index in [9.17, 15) is 0 Å². The Morgan fingerprint density at radius 2 is 0.847 bits per heavy atom. The van der Waals surface area contributed by atoms with Crippen molar-refractivity contribution in [2.75, 3.05) is 4.90 Å². The van der Waals surface area contributed by atoms with Crippen molar-refractivity contribution in [1.29, 1.82) is 0 Å². The van der Waals surface area contributed by atoms with E-state index < -0.39 is 0 Å². The molecule has 1 aromatic heterocycles. The van der Waals surface area contributed by atoms with Gasteiger partial charge in [-0.2, -0.15) is 0 Å². The van der Waals surface area contributed by atoms with Crippen molar-refractivity contribution < 1.29 is 0 Å². The Morgan fingerprint density at radius 3 is 1.58 bits per heavy atom. The zero-order chi connectivity index (χ0) is 47.3. The molecule has 0 aliphatic heterocycles. The number of nitrogens with zero attached hydrogens (tertiary/aromatic N) is 2. The van der Waals surface area contributed by atoms with Gasteiger partial charge in [-0.3, -0.25) is 0 Å². The Hall–Kier alpha value is -8.20. The van der Waals surface area contributed by atoms with Gasteiger partial charge in [0.15, 0.2) is 0 Å². The normalized spacial score (nSPS) is 20.3. The van der Waals surface area contributed by atoms with Crippen LogP contribution in [0.2, 0.25) is 0 Å². The summed E-state index contributed by atoms with van der Waals surface area (Å²) in [6, 6.07) is 90.9. The first-order valence-corrected chi connectivity index (χ1v) is 26.3. The van der Waals surface area contributed by atoms with E-state index in [1.807, 2.05) is 0 Å². The molecule has 0 radical (unpaired) electrons. The maximum absolute atomic E-state index is 2.62. The molecule has 0 N–H and O–H groups in total. The molecule has 4 bridgehead atoms. The van der Waals surface area contributed by atoms with Crippen molar-refractivity contribution in [3.63, 3.8) is 0 Å². The summed E-state index contributed by atoms with van der Waals surface area (Å²) < 4.78 is 2.42. The molecule has 1 spiro atoms. The molecule has 4 saturated carbocycles. The van der Waals surface area contributed by atoms with E-state index in [-0.39, 0.29) is 5.41 Å². The number of benzene rings is 10. The minimum absolute atomic E-state index is 0.0514. The third kappa shape index (κ3) is 6.15. The summed E-state index contributed by atoms with van der Waals surface area (Å²) in [5, 5.41) is 2.54. The van der Waals surface area contributed by atoms with Crippen LogP contribution >= 0.6 is 0 Å². The lowest BCUT2D eigenvalue weighted by Crippen LogP contribution is -2.55. The molecule has 1 heterocycles. The van der Waals surface area contributed by atoms with Crippen LogP contribution in [0.25, 0.3) is 83.1 Å². The number of rotatable bonds is 8. The quantitative estimate of drug-likeness (QED) is 0.147. The molecule has 0 amide bonds. The zero-order valence-electron chi connectivity index (χ0n) is 40.3.